The van der Waals surface area contributed by atoms with E-state index in [1.807, 2.05) is 0 Å². The lowest BCUT2D eigenvalue weighted by Crippen LogP contribution is -2.15. The molecule has 0 aromatic heterocycles. The first-order valence-corrected chi connectivity index (χ1v) is 4.33. The van der Waals surface area contributed by atoms with Crippen molar-refractivity contribution in [3.8, 4) is 0 Å². The van der Waals surface area contributed by atoms with E-state index in [-0.39, 0.29) is 11.7 Å². The Labute approximate surface area is 72.7 Å². The summed E-state index contributed by atoms with van der Waals surface area (Å²) in [5.74, 6) is 0.292. The number of carbonyl (C=O) groups is 1. The van der Waals surface area contributed by atoms with Crippen LogP contribution in [0.5, 0.6) is 0 Å². The van der Waals surface area contributed by atoms with Gasteiger partial charge in [0.2, 0.25) is 0 Å². The van der Waals surface area contributed by atoms with Gasteiger partial charge in [0.25, 0.3) is 0 Å². The van der Waals surface area contributed by atoms with E-state index in [0.29, 0.717) is 5.57 Å². The highest BCUT2D eigenvalue weighted by molar-refractivity contribution is 5.94. The van der Waals surface area contributed by atoms with Gasteiger partial charge in [-0.3, -0.25) is 4.79 Å². The van der Waals surface area contributed by atoms with E-state index in [4.69, 9.17) is 0 Å². The van der Waals surface area contributed by atoms with Gasteiger partial charge in [-0.1, -0.05) is 0 Å². The molecule has 0 aromatic carbocycles. The first-order chi connectivity index (χ1) is 5.41. The fourth-order valence-corrected chi connectivity index (χ4v) is 0.871. The van der Waals surface area contributed by atoms with Crippen molar-refractivity contribution in [1.29, 1.82) is 0 Å². The molecule has 0 spiro atoms. The van der Waals surface area contributed by atoms with Crippen molar-refractivity contribution in [2.45, 2.75) is 39.3 Å². The van der Waals surface area contributed by atoms with Crippen LogP contribution in [0.2, 0.25) is 0 Å². The van der Waals surface area contributed by atoms with E-state index in [1.54, 1.807) is 6.92 Å². The average molecular weight is 170 g/mol. The zero-order chi connectivity index (χ0) is 9.35. The Morgan fingerprint density at radius 3 is 2.33 bits per heavy atom. The number of allylic oxidation sites excluding steroid dienone is 2. The van der Waals surface area contributed by atoms with Crippen molar-refractivity contribution < 1.29 is 9.18 Å². The molecule has 1 saturated carbocycles. The average Bonchev–Trinajstić information content (AvgIpc) is 2.65. The van der Waals surface area contributed by atoms with Crippen LogP contribution in [0.3, 0.4) is 0 Å². The topological polar surface area (TPSA) is 17.1 Å². The highest BCUT2D eigenvalue weighted by Crippen LogP contribution is 2.31. The summed E-state index contributed by atoms with van der Waals surface area (Å²) < 4.78 is 13.2. The number of hydrogen-bond acceptors (Lipinski definition) is 1. The summed E-state index contributed by atoms with van der Waals surface area (Å²) in [6.45, 7) is 4.61. The second kappa shape index (κ2) is 3.00. The normalized spacial score (nSPS) is 19.5. The molecule has 1 rings (SSSR count). The number of alkyl halides is 1. The van der Waals surface area contributed by atoms with Crippen molar-refractivity contribution >= 4 is 5.78 Å². The summed E-state index contributed by atoms with van der Waals surface area (Å²) in [7, 11) is 0. The van der Waals surface area contributed by atoms with Crippen LogP contribution in [-0.2, 0) is 4.79 Å². The summed E-state index contributed by atoms with van der Waals surface area (Å²) in [4.78, 5) is 11.2. The van der Waals surface area contributed by atoms with Crippen molar-refractivity contribution in [3.63, 3.8) is 0 Å². The molecule has 1 aliphatic carbocycles. The largest absolute Gasteiger partial charge is 0.295 e. The number of rotatable bonds is 3. The maximum absolute atomic E-state index is 13.2. The minimum Gasteiger partial charge on any atom is -0.295 e. The summed E-state index contributed by atoms with van der Waals surface area (Å²) in [6, 6.07) is 0. The van der Waals surface area contributed by atoms with Crippen molar-refractivity contribution in [1.82, 2.24) is 0 Å². The molecule has 68 valence electrons. The zero-order valence-corrected chi connectivity index (χ0v) is 7.86. The van der Waals surface area contributed by atoms with E-state index in [0.717, 1.165) is 12.8 Å². The second-order valence-corrected chi connectivity index (χ2v) is 3.98. The van der Waals surface area contributed by atoms with Crippen LogP contribution in [0, 0.1) is 5.92 Å². The molecule has 0 heterocycles. The van der Waals surface area contributed by atoms with Crippen molar-refractivity contribution in [3.05, 3.63) is 11.6 Å². The summed E-state index contributed by atoms with van der Waals surface area (Å²) in [5.41, 5.74) is -0.829. The molecule has 0 saturated heterocycles. The molecule has 1 nitrogen and oxygen atoms in total. The van der Waals surface area contributed by atoms with Gasteiger partial charge in [-0.15, -0.1) is 0 Å². The standard InChI is InChI=1S/C10H15FO/c1-7(10(2,3)11)6-9(12)8-4-5-8/h6,8H,4-5H2,1-3H3/b7-6+. The maximum atomic E-state index is 13.2. The smallest absolute Gasteiger partial charge is 0.158 e. The van der Waals surface area contributed by atoms with E-state index in [9.17, 15) is 9.18 Å². The summed E-state index contributed by atoms with van der Waals surface area (Å²) in [6.07, 6.45) is 3.42. The molecule has 0 aromatic rings. The van der Waals surface area contributed by atoms with Gasteiger partial charge in [0.15, 0.2) is 5.78 Å². The molecule has 1 aliphatic rings. The Bertz CT molecular complexity index is 218. The molecule has 0 atom stereocenters. The molecular formula is C10H15FO. The quantitative estimate of drug-likeness (QED) is 0.595. The third-order valence-electron chi connectivity index (χ3n) is 2.28. The monoisotopic (exact) mass is 170 g/mol. The van der Waals surface area contributed by atoms with Crippen LogP contribution in [0.1, 0.15) is 33.6 Å². The van der Waals surface area contributed by atoms with Crippen LogP contribution < -0.4 is 0 Å². The molecule has 0 radical (unpaired) electrons. The lowest BCUT2D eigenvalue weighted by Gasteiger charge is -2.14. The molecule has 0 aliphatic heterocycles. The first kappa shape index (κ1) is 9.43. The Kier molecular flexibility index (Phi) is 2.36. The molecule has 0 N–H and O–H groups in total. The van der Waals surface area contributed by atoms with E-state index < -0.39 is 5.67 Å². The van der Waals surface area contributed by atoms with Crippen LogP contribution in [-0.4, -0.2) is 11.5 Å². The molecule has 0 amide bonds. The van der Waals surface area contributed by atoms with Gasteiger partial charge in [-0.25, -0.2) is 4.39 Å². The van der Waals surface area contributed by atoms with Crippen LogP contribution >= 0.6 is 0 Å². The molecule has 1 fully saturated rings. The Morgan fingerprint density at radius 1 is 1.50 bits per heavy atom. The Hall–Kier alpha value is -0.660. The second-order valence-electron chi connectivity index (χ2n) is 3.98. The van der Waals surface area contributed by atoms with E-state index >= 15 is 0 Å². The molecule has 0 unspecified atom stereocenters. The fourth-order valence-electron chi connectivity index (χ4n) is 0.871. The maximum Gasteiger partial charge on any atom is 0.158 e. The predicted octanol–water partition coefficient (Wildman–Crippen LogP) is 2.66. The van der Waals surface area contributed by atoms with Gasteiger partial charge in [-0.2, -0.15) is 0 Å². The minimum atomic E-state index is -1.36. The minimum absolute atomic E-state index is 0.0956. The van der Waals surface area contributed by atoms with E-state index in [2.05, 4.69) is 0 Å². The predicted molar refractivity (Wildman–Crippen MR) is 46.7 cm³/mol. The highest BCUT2D eigenvalue weighted by atomic mass is 19.1. The third-order valence-corrected chi connectivity index (χ3v) is 2.28. The van der Waals surface area contributed by atoms with Gasteiger partial charge in [0.05, 0.1) is 0 Å². The molecule has 0 bridgehead atoms. The van der Waals surface area contributed by atoms with Gasteiger partial charge >= 0.3 is 0 Å². The lowest BCUT2D eigenvalue weighted by atomic mass is 10.00. The summed E-state index contributed by atoms with van der Waals surface area (Å²) >= 11 is 0. The Balaban J connectivity index is 2.60. The zero-order valence-electron chi connectivity index (χ0n) is 7.86. The number of carbonyl (C=O) groups excluding carboxylic acids is 1. The van der Waals surface area contributed by atoms with Crippen molar-refractivity contribution in [2.24, 2.45) is 5.92 Å². The van der Waals surface area contributed by atoms with E-state index in [1.165, 1.54) is 19.9 Å². The number of ketones is 1. The van der Waals surface area contributed by atoms with Gasteiger partial charge in [0.1, 0.15) is 5.67 Å². The molecule has 2 heteroatoms. The Morgan fingerprint density at radius 2 is 2.00 bits per heavy atom. The number of hydrogen-bond donors (Lipinski definition) is 0. The fraction of sp³-hybridized carbons (Fsp3) is 0.700. The van der Waals surface area contributed by atoms with Crippen molar-refractivity contribution in [2.75, 3.05) is 0 Å². The van der Waals surface area contributed by atoms with Gasteiger partial charge in [-0.05, 0) is 45.3 Å². The van der Waals surface area contributed by atoms with Gasteiger partial charge in [0, 0.05) is 5.92 Å². The molecule has 12 heavy (non-hydrogen) atoms. The third kappa shape index (κ3) is 2.43. The molecular weight excluding hydrogens is 155 g/mol. The number of halogens is 1. The van der Waals surface area contributed by atoms with Gasteiger partial charge < -0.3 is 0 Å². The van der Waals surface area contributed by atoms with Crippen LogP contribution in [0.25, 0.3) is 0 Å². The first-order valence-electron chi connectivity index (χ1n) is 4.33. The SMILES string of the molecule is C/C(=C\C(=O)C1CC1)C(C)(C)F. The van der Waals surface area contributed by atoms with Crippen LogP contribution in [0.4, 0.5) is 4.39 Å². The lowest BCUT2D eigenvalue weighted by molar-refractivity contribution is -0.115. The van der Waals surface area contributed by atoms with Crippen LogP contribution in [0.15, 0.2) is 11.6 Å². The highest BCUT2D eigenvalue weighted by Gasteiger charge is 2.29. The summed E-state index contributed by atoms with van der Waals surface area (Å²) in [5, 5.41) is 0.